The number of hydrogen-bond acceptors (Lipinski definition) is 6. The molecule has 1 N–H and O–H groups in total. The summed E-state index contributed by atoms with van der Waals surface area (Å²) >= 11 is 6.83. The van der Waals surface area contributed by atoms with E-state index < -0.39 is 0 Å². The van der Waals surface area contributed by atoms with Gasteiger partial charge in [-0.2, -0.15) is 5.26 Å². The molecule has 196 valence electrons. The van der Waals surface area contributed by atoms with Gasteiger partial charge in [0.05, 0.1) is 4.91 Å². The molecule has 0 unspecified atom stereocenters. The molecule has 3 rings (SSSR count). The van der Waals surface area contributed by atoms with E-state index in [1.54, 1.807) is 16.4 Å². The Morgan fingerprint density at radius 2 is 1.78 bits per heavy atom. The summed E-state index contributed by atoms with van der Waals surface area (Å²) in [5.74, 6) is 0.538. The molecule has 1 aliphatic rings. The summed E-state index contributed by atoms with van der Waals surface area (Å²) in [6.07, 6.45) is 8.86. The number of rotatable bonds is 13. The Labute approximate surface area is 229 Å². The highest BCUT2D eigenvalue weighted by Gasteiger charge is 2.32. The molecule has 1 aromatic heterocycles. The smallest absolute Gasteiger partial charge is 0.270 e. The van der Waals surface area contributed by atoms with Gasteiger partial charge in [-0.1, -0.05) is 93.8 Å². The highest BCUT2D eigenvalue weighted by Crippen LogP contribution is 2.35. The number of carbonyl (C=O) groups excluding carboxylic acids is 1. The normalized spacial score (nSPS) is 14.4. The van der Waals surface area contributed by atoms with Crippen molar-refractivity contribution in [3.63, 3.8) is 0 Å². The number of hydrogen-bond donors (Lipinski definition) is 1. The summed E-state index contributed by atoms with van der Waals surface area (Å²) in [6, 6.07) is 12.2. The Hall–Kier alpha value is -2.89. The van der Waals surface area contributed by atoms with E-state index in [9.17, 15) is 14.9 Å². The second-order valence-corrected chi connectivity index (χ2v) is 10.9. The van der Waals surface area contributed by atoms with Gasteiger partial charge in [-0.15, -0.1) is 0 Å². The summed E-state index contributed by atoms with van der Waals surface area (Å²) in [4.78, 5) is 28.7. The Kier molecular flexibility index (Phi) is 11.0. The summed E-state index contributed by atoms with van der Waals surface area (Å²) in [7, 11) is 0. The first-order chi connectivity index (χ1) is 17.9. The van der Waals surface area contributed by atoms with Crippen molar-refractivity contribution >= 4 is 46.1 Å². The molecule has 37 heavy (non-hydrogen) atoms. The monoisotopic (exact) mass is 536 g/mol. The van der Waals surface area contributed by atoms with Crippen LogP contribution >= 0.6 is 24.0 Å². The van der Waals surface area contributed by atoms with E-state index in [-0.39, 0.29) is 17.0 Å². The first kappa shape index (κ1) is 28.7. The molecule has 0 saturated carbocycles. The standard InChI is InChI=1S/C29H36N4O2S2/c1-4-6-7-8-12-18-33-28(35)25(37-29(33)36)19-23-21(3)24(20-30)27(34)32(17-5-2)26(23)31-16-15-22-13-10-9-11-14-22/h9-11,13-14,19,31H,4-8,12,15-18H2,1-3H3/b25-19+. The third-order valence-electron chi connectivity index (χ3n) is 6.51. The van der Waals surface area contributed by atoms with Gasteiger partial charge in [0.1, 0.15) is 21.8 Å². The van der Waals surface area contributed by atoms with Crippen LogP contribution < -0.4 is 10.9 Å². The second kappa shape index (κ2) is 14.2. The molecular formula is C29H36N4O2S2. The van der Waals surface area contributed by atoms with Gasteiger partial charge in [0, 0.05) is 25.2 Å². The van der Waals surface area contributed by atoms with Crippen LogP contribution in [-0.4, -0.2) is 32.8 Å². The van der Waals surface area contributed by atoms with Crippen molar-refractivity contribution < 1.29 is 4.79 Å². The fourth-order valence-corrected chi connectivity index (χ4v) is 5.75. The molecule has 1 amide bonds. The van der Waals surface area contributed by atoms with E-state index >= 15 is 0 Å². The van der Waals surface area contributed by atoms with E-state index in [1.165, 1.54) is 30.2 Å². The van der Waals surface area contributed by atoms with E-state index in [0.29, 0.717) is 45.8 Å². The van der Waals surface area contributed by atoms with Crippen LogP contribution in [0, 0.1) is 18.3 Å². The SMILES string of the molecule is CCCCCCCN1C(=O)/C(=C\c2c(C)c(C#N)c(=O)n(CCC)c2NCCc2ccccc2)SC1=S. The van der Waals surface area contributed by atoms with E-state index in [0.717, 1.165) is 32.1 Å². The van der Waals surface area contributed by atoms with Crippen molar-refractivity contribution in [2.24, 2.45) is 0 Å². The van der Waals surface area contributed by atoms with E-state index in [1.807, 2.05) is 31.2 Å². The number of anilines is 1. The van der Waals surface area contributed by atoms with Crippen LogP contribution in [0.1, 0.15) is 74.6 Å². The molecule has 0 atom stereocenters. The van der Waals surface area contributed by atoms with Crippen molar-refractivity contribution in [1.82, 2.24) is 9.47 Å². The number of thiocarbonyl (C=S) groups is 1. The van der Waals surface area contributed by atoms with Gasteiger partial charge in [0.25, 0.3) is 11.5 Å². The van der Waals surface area contributed by atoms with Crippen LogP contribution in [0.25, 0.3) is 6.08 Å². The maximum atomic E-state index is 13.3. The van der Waals surface area contributed by atoms with Crippen molar-refractivity contribution in [1.29, 1.82) is 5.26 Å². The predicted molar refractivity (Wildman–Crippen MR) is 158 cm³/mol. The number of thioether (sulfide) groups is 1. The third kappa shape index (κ3) is 7.12. The number of amides is 1. The topological polar surface area (TPSA) is 78.1 Å². The zero-order valence-corrected chi connectivity index (χ0v) is 23.6. The minimum atomic E-state index is -0.305. The quantitative estimate of drug-likeness (QED) is 0.185. The number of benzene rings is 1. The molecule has 2 aromatic rings. The van der Waals surface area contributed by atoms with Gasteiger partial charge < -0.3 is 5.32 Å². The summed E-state index contributed by atoms with van der Waals surface area (Å²) in [5, 5.41) is 13.2. The highest BCUT2D eigenvalue weighted by atomic mass is 32.2. The van der Waals surface area contributed by atoms with Crippen molar-refractivity contribution in [2.75, 3.05) is 18.4 Å². The molecule has 1 fully saturated rings. The Morgan fingerprint density at radius 3 is 2.46 bits per heavy atom. The van der Waals surface area contributed by atoms with Crippen molar-refractivity contribution in [2.45, 2.75) is 72.3 Å². The van der Waals surface area contributed by atoms with Crippen LogP contribution in [0.15, 0.2) is 40.0 Å². The van der Waals surface area contributed by atoms with Crippen LogP contribution in [0.5, 0.6) is 0 Å². The lowest BCUT2D eigenvalue weighted by atomic mass is 10.0. The third-order valence-corrected chi connectivity index (χ3v) is 7.88. The molecular weight excluding hydrogens is 500 g/mol. The fourth-order valence-electron chi connectivity index (χ4n) is 4.46. The Bertz CT molecular complexity index is 1250. The molecule has 1 aliphatic heterocycles. The minimum Gasteiger partial charge on any atom is -0.371 e. The lowest BCUT2D eigenvalue weighted by Crippen LogP contribution is -2.29. The molecule has 0 spiro atoms. The number of nitrogens with one attached hydrogen (secondary N) is 1. The first-order valence-corrected chi connectivity index (χ1v) is 14.4. The molecule has 0 bridgehead atoms. The number of carbonyl (C=O) groups is 1. The van der Waals surface area contributed by atoms with Crippen LogP contribution in [0.2, 0.25) is 0 Å². The number of nitriles is 1. The van der Waals surface area contributed by atoms with Crippen LogP contribution in [0.4, 0.5) is 5.82 Å². The minimum absolute atomic E-state index is 0.105. The zero-order valence-electron chi connectivity index (χ0n) is 22.0. The average molecular weight is 537 g/mol. The number of aromatic nitrogens is 1. The summed E-state index contributed by atoms with van der Waals surface area (Å²) in [6.45, 7) is 7.65. The van der Waals surface area contributed by atoms with Gasteiger partial charge in [0.2, 0.25) is 0 Å². The van der Waals surface area contributed by atoms with Crippen LogP contribution in [-0.2, 0) is 17.8 Å². The summed E-state index contributed by atoms with van der Waals surface area (Å²) < 4.78 is 2.20. The number of unbranched alkanes of at least 4 members (excludes halogenated alkanes) is 4. The largest absolute Gasteiger partial charge is 0.371 e. The number of nitrogens with zero attached hydrogens (tertiary/aromatic N) is 3. The zero-order chi connectivity index (χ0) is 26.8. The van der Waals surface area contributed by atoms with Gasteiger partial charge in [0.15, 0.2) is 0 Å². The molecule has 0 aliphatic carbocycles. The maximum Gasteiger partial charge on any atom is 0.270 e. The highest BCUT2D eigenvalue weighted by molar-refractivity contribution is 8.26. The maximum absolute atomic E-state index is 13.3. The van der Waals surface area contributed by atoms with Crippen LogP contribution in [0.3, 0.4) is 0 Å². The second-order valence-electron chi connectivity index (χ2n) is 9.24. The predicted octanol–water partition coefficient (Wildman–Crippen LogP) is 6.26. The van der Waals surface area contributed by atoms with Crippen molar-refractivity contribution in [3.8, 4) is 6.07 Å². The fraction of sp³-hybridized carbons (Fsp3) is 0.448. The lowest BCUT2D eigenvalue weighted by Gasteiger charge is -2.20. The average Bonchev–Trinajstić information content (AvgIpc) is 3.16. The molecule has 2 heterocycles. The molecule has 8 heteroatoms. The molecule has 1 aromatic carbocycles. The Balaban J connectivity index is 1.94. The Morgan fingerprint density at radius 1 is 1.05 bits per heavy atom. The van der Waals surface area contributed by atoms with Gasteiger partial charge >= 0.3 is 0 Å². The molecule has 0 radical (unpaired) electrons. The van der Waals surface area contributed by atoms with Gasteiger partial charge in [-0.3, -0.25) is 19.1 Å². The summed E-state index contributed by atoms with van der Waals surface area (Å²) in [5.41, 5.74) is 2.26. The van der Waals surface area contributed by atoms with Crippen molar-refractivity contribution in [3.05, 3.63) is 67.8 Å². The lowest BCUT2D eigenvalue weighted by molar-refractivity contribution is -0.122. The van der Waals surface area contributed by atoms with E-state index in [2.05, 4.69) is 30.4 Å². The van der Waals surface area contributed by atoms with Gasteiger partial charge in [-0.05, 0) is 43.4 Å². The number of pyridine rings is 1. The first-order valence-electron chi connectivity index (χ1n) is 13.1. The molecule has 6 nitrogen and oxygen atoms in total. The van der Waals surface area contributed by atoms with Gasteiger partial charge in [-0.25, -0.2) is 0 Å². The molecule has 1 saturated heterocycles. The van der Waals surface area contributed by atoms with E-state index in [4.69, 9.17) is 12.2 Å².